The molecule has 0 radical (unpaired) electrons. The molecule has 1 aliphatic carbocycles. The molecule has 3 nitrogen and oxygen atoms in total. The van der Waals surface area contributed by atoms with Gasteiger partial charge in [-0.3, -0.25) is 4.98 Å². The molecule has 4 rings (SSSR count). The normalized spacial score (nSPS) is 17.2. The van der Waals surface area contributed by atoms with Crippen LogP contribution < -0.4 is 0 Å². The van der Waals surface area contributed by atoms with Crippen molar-refractivity contribution in [3.63, 3.8) is 0 Å². The second-order valence-electron chi connectivity index (χ2n) is 5.95. The predicted molar refractivity (Wildman–Crippen MR) is 85.7 cm³/mol. The molecule has 3 heteroatoms. The molecule has 0 bridgehead atoms. The quantitative estimate of drug-likeness (QED) is 0.705. The molecule has 0 N–H and O–H groups in total. The van der Waals surface area contributed by atoms with Gasteiger partial charge in [-0.25, -0.2) is 4.98 Å². The highest BCUT2D eigenvalue weighted by molar-refractivity contribution is 5.55. The fraction of sp³-hybridized carbons (Fsp3) is 0.263. The predicted octanol–water partition coefficient (Wildman–Crippen LogP) is 4.32. The third-order valence-electron chi connectivity index (χ3n) is 4.31. The molecule has 0 saturated heterocycles. The lowest BCUT2D eigenvalue weighted by atomic mass is 9.87. The van der Waals surface area contributed by atoms with Crippen LogP contribution in [0.3, 0.4) is 0 Å². The summed E-state index contributed by atoms with van der Waals surface area (Å²) in [4.78, 5) is 9.24. The molecule has 3 aromatic rings. The minimum atomic E-state index is 0.448. The summed E-state index contributed by atoms with van der Waals surface area (Å²) < 4.78 is 6.00. The Kier molecular flexibility index (Phi) is 3.26. The van der Waals surface area contributed by atoms with Crippen molar-refractivity contribution < 1.29 is 4.42 Å². The molecule has 0 fully saturated rings. The van der Waals surface area contributed by atoms with Gasteiger partial charge in [0.05, 0.1) is 5.69 Å². The number of benzene rings is 1. The van der Waals surface area contributed by atoms with Gasteiger partial charge in [0, 0.05) is 36.2 Å². The van der Waals surface area contributed by atoms with Crippen molar-refractivity contribution in [2.75, 3.05) is 0 Å². The second-order valence-corrected chi connectivity index (χ2v) is 5.95. The summed E-state index contributed by atoms with van der Waals surface area (Å²) in [5.41, 5.74) is 4.54. The fourth-order valence-electron chi connectivity index (χ4n) is 3.15. The molecule has 1 unspecified atom stereocenters. The monoisotopic (exact) mass is 290 g/mol. The van der Waals surface area contributed by atoms with Crippen LogP contribution in [0.1, 0.15) is 35.1 Å². The van der Waals surface area contributed by atoms with Crippen LogP contribution in [0.15, 0.2) is 53.1 Å². The van der Waals surface area contributed by atoms with E-state index in [2.05, 4.69) is 42.2 Å². The molecule has 0 amide bonds. The van der Waals surface area contributed by atoms with Crippen molar-refractivity contribution in [1.29, 1.82) is 0 Å². The molecular formula is C19H18N2O. The van der Waals surface area contributed by atoms with Crippen LogP contribution in [0.4, 0.5) is 0 Å². The van der Waals surface area contributed by atoms with Crippen molar-refractivity contribution in [2.45, 2.75) is 32.1 Å². The third-order valence-corrected chi connectivity index (χ3v) is 4.31. The van der Waals surface area contributed by atoms with Gasteiger partial charge in [0.1, 0.15) is 5.76 Å². The van der Waals surface area contributed by atoms with Gasteiger partial charge in [0.2, 0.25) is 5.89 Å². The van der Waals surface area contributed by atoms with Crippen molar-refractivity contribution in [2.24, 2.45) is 0 Å². The first-order valence-electron chi connectivity index (χ1n) is 7.76. The summed E-state index contributed by atoms with van der Waals surface area (Å²) in [6.45, 7) is 2.09. The Balaban J connectivity index is 1.64. The molecule has 0 saturated carbocycles. The first-order valence-corrected chi connectivity index (χ1v) is 7.76. The van der Waals surface area contributed by atoms with E-state index in [1.165, 1.54) is 5.56 Å². The maximum atomic E-state index is 6.00. The highest BCUT2D eigenvalue weighted by Gasteiger charge is 2.26. The standard InChI is InChI=1S/C19H18N2O/c1-13-5-4-6-15(11-13)19-21-17-12-14(8-9-18(17)22-19)16-7-2-3-10-20-16/h2-7,10-11,14H,8-9,12H2,1H3. The molecule has 110 valence electrons. The average molecular weight is 290 g/mol. The van der Waals surface area contributed by atoms with E-state index >= 15 is 0 Å². The first-order chi connectivity index (χ1) is 10.8. The van der Waals surface area contributed by atoms with Crippen molar-refractivity contribution >= 4 is 0 Å². The lowest BCUT2D eigenvalue weighted by Crippen LogP contribution is -2.13. The molecule has 1 atom stereocenters. The molecule has 1 aromatic carbocycles. The average Bonchev–Trinajstić information content (AvgIpc) is 2.99. The van der Waals surface area contributed by atoms with Crippen LogP contribution in [0.25, 0.3) is 11.5 Å². The smallest absolute Gasteiger partial charge is 0.226 e. The Labute approximate surface area is 130 Å². The molecular weight excluding hydrogens is 272 g/mol. The zero-order chi connectivity index (χ0) is 14.9. The summed E-state index contributed by atoms with van der Waals surface area (Å²) in [5, 5.41) is 0. The molecule has 0 aliphatic heterocycles. The van der Waals surface area contributed by atoms with E-state index in [4.69, 9.17) is 9.40 Å². The molecule has 1 aliphatic rings. The van der Waals surface area contributed by atoms with Crippen LogP contribution in [0.2, 0.25) is 0 Å². The van der Waals surface area contributed by atoms with Crippen LogP contribution in [0.5, 0.6) is 0 Å². The number of rotatable bonds is 2. The minimum Gasteiger partial charge on any atom is -0.441 e. The summed E-state index contributed by atoms with van der Waals surface area (Å²) in [5.74, 6) is 2.24. The van der Waals surface area contributed by atoms with E-state index in [9.17, 15) is 0 Å². The van der Waals surface area contributed by atoms with E-state index in [1.54, 1.807) is 0 Å². The zero-order valence-electron chi connectivity index (χ0n) is 12.6. The fourth-order valence-corrected chi connectivity index (χ4v) is 3.15. The molecule has 2 aromatic heterocycles. The van der Waals surface area contributed by atoms with Crippen LogP contribution >= 0.6 is 0 Å². The summed E-state index contributed by atoms with van der Waals surface area (Å²) in [6.07, 6.45) is 4.80. The third kappa shape index (κ3) is 2.43. The highest BCUT2D eigenvalue weighted by atomic mass is 16.4. The Morgan fingerprint density at radius 1 is 1.14 bits per heavy atom. The van der Waals surface area contributed by atoms with Crippen molar-refractivity contribution in [3.05, 3.63) is 71.4 Å². The minimum absolute atomic E-state index is 0.448. The van der Waals surface area contributed by atoms with Crippen molar-refractivity contribution in [1.82, 2.24) is 9.97 Å². The number of nitrogens with zero attached hydrogens (tertiary/aromatic N) is 2. The topological polar surface area (TPSA) is 38.9 Å². The van der Waals surface area contributed by atoms with Gasteiger partial charge >= 0.3 is 0 Å². The second kappa shape index (κ2) is 5.41. The van der Waals surface area contributed by atoms with Gasteiger partial charge in [0.15, 0.2) is 0 Å². The number of fused-ring (bicyclic) bond motifs is 1. The van der Waals surface area contributed by atoms with Crippen molar-refractivity contribution in [3.8, 4) is 11.5 Å². The molecule has 0 spiro atoms. The summed E-state index contributed by atoms with van der Waals surface area (Å²) >= 11 is 0. The highest BCUT2D eigenvalue weighted by Crippen LogP contribution is 2.34. The maximum absolute atomic E-state index is 6.00. The lowest BCUT2D eigenvalue weighted by Gasteiger charge is -2.19. The Bertz CT molecular complexity index is 792. The largest absolute Gasteiger partial charge is 0.441 e. The van der Waals surface area contributed by atoms with Gasteiger partial charge in [0.25, 0.3) is 0 Å². The number of pyridine rings is 1. The number of hydrogen-bond acceptors (Lipinski definition) is 3. The number of oxazole rings is 1. The van der Waals surface area contributed by atoms with E-state index in [0.29, 0.717) is 5.92 Å². The number of hydrogen-bond donors (Lipinski definition) is 0. The lowest BCUT2D eigenvalue weighted by molar-refractivity contribution is 0.461. The summed E-state index contributed by atoms with van der Waals surface area (Å²) in [6, 6.07) is 14.4. The molecule has 2 heterocycles. The Morgan fingerprint density at radius 2 is 2.09 bits per heavy atom. The SMILES string of the molecule is Cc1cccc(-c2nc3c(o2)CCC(c2ccccn2)C3)c1. The first kappa shape index (κ1) is 13.3. The van der Waals surface area contributed by atoms with Gasteiger partial charge < -0.3 is 4.42 Å². The Hall–Kier alpha value is -2.42. The van der Waals surface area contributed by atoms with E-state index in [0.717, 1.165) is 47.9 Å². The van der Waals surface area contributed by atoms with Crippen LogP contribution in [0, 0.1) is 6.92 Å². The maximum Gasteiger partial charge on any atom is 0.226 e. The zero-order valence-corrected chi connectivity index (χ0v) is 12.6. The van der Waals surface area contributed by atoms with E-state index in [-0.39, 0.29) is 0 Å². The molecule has 22 heavy (non-hydrogen) atoms. The van der Waals surface area contributed by atoms with E-state index in [1.807, 2.05) is 18.3 Å². The Morgan fingerprint density at radius 3 is 2.91 bits per heavy atom. The van der Waals surface area contributed by atoms with Crippen LogP contribution in [-0.2, 0) is 12.8 Å². The van der Waals surface area contributed by atoms with Gasteiger partial charge in [-0.05, 0) is 37.6 Å². The number of aromatic nitrogens is 2. The van der Waals surface area contributed by atoms with Gasteiger partial charge in [-0.1, -0.05) is 23.8 Å². The number of aryl methyl sites for hydroxylation is 2. The summed E-state index contributed by atoms with van der Waals surface area (Å²) in [7, 11) is 0. The van der Waals surface area contributed by atoms with Gasteiger partial charge in [-0.15, -0.1) is 0 Å². The van der Waals surface area contributed by atoms with E-state index < -0.39 is 0 Å². The van der Waals surface area contributed by atoms with Gasteiger partial charge in [-0.2, -0.15) is 0 Å². The van der Waals surface area contributed by atoms with Crippen LogP contribution in [-0.4, -0.2) is 9.97 Å².